The molecule has 2 rings (SSSR count). The van der Waals surface area contributed by atoms with Crippen LogP contribution < -0.4 is 0 Å². The van der Waals surface area contributed by atoms with Crippen molar-refractivity contribution in [2.75, 3.05) is 26.4 Å². The Balaban J connectivity index is 2.96. The first-order chi connectivity index (χ1) is 39.6. The second-order valence-electron chi connectivity index (χ2n) is 19.9. The third kappa shape index (κ3) is 25.5. The molecule has 4 atom stereocenters. The molecule has 458 valence electrons. The number of benzene rings is 2. The molecule has 20 heteroatoms. The molecule has 0 saturated carbocycles. The third-order valence-corrected chi connectivity index (χ3v) is 12.9. The van der Waals surface area contributed by atoms with Gasteiger partial charge in [0.1, 0.15) is 0 Å². The molecule has 0 aromatic heterocycles. The second-order valence-corrected chi connectivity index (χ2v) is 19.9. The van der Waals surface area contributed by atoms with Crippen molar-refractivity contribution < 1.29 is 95.6 Å². The van der Waals surface area contributed by atoms with Crippen molar-refractivity contribution in [3.8, 4) is 0 Å². The number of rotatable bonds is 42. The molecule has 2 aromatic rings. The van der Waals surface area contributed by atoms with E-state index in [0.717, 1.165) is 63.5 Å². The lowest BCUT2D eigenvalue weighted by atomic mass is 9.88. The maximum Gasteiger partial charge on any atom is 0.508 e. The van der Waals surface area contributed by atoms with E-state index in [2.05, 4.69) is 0 Å². The van der Waals surface area contributed by atoms with E-state index in [1.165, 1.54) is 24.3 Å². The van der Waals surface area contributed by atoms with Gasteiger partial charge >= 0.3 is 36.6 Å². The molecule has 0 aliphatic carbocycles. The minimum atomic E-state index is -1.62. The van der Waals surface area contributed by atoms with Crippen molar-refractivity contribution in [3.05, 3.63) is 69.8 Å². The Hall–Kier alpha value is -6.86. The van der Waals surface area contributed by atoms with Crippen LogP contribution >= 0.6 is 0 Å². The van der Waals surface area contributed by atoms with E-state index in [0.29, 0.717) is 77.0 Å². The van der Waals surface area contributed by atoms with Crippen molar-refractivity contribution in [3.63, 3.8) is 0 Å². The molecule has 0 heterocycles. The smallest absolute Gasteiger partial charge is 0.434 e. The third-order valence-electron chi connectivity index (χ3n) is 12.9. The van der Waals surface area contributed by atoms with Crippen molar-refractivity contribution >= 4 is 59.7 Å². The highest BCUT2D eigenvalue weighted by molar-refractivity contribution is 6.18. The summed E-state index contributed by atoms with van der Waals surface area (Å²) in [5.41, 5.74) is -3.38. The molecule has 0 amide bonds. The van der Waals surface area contributed by atoms with Gasteiger partial charge in [0.2, 0.25) is 23.1 Å². The maximum absolute atomic E-state index is 15.0. The van der Waals surface area contributed by atoms with E-state index >= 15 is 9.59 Å². The average molecular weight is 1160 g/mol. The first kappa shape index (κ1) is 71.2. The largest absolute Gasteiger partial charge is 0.508 e. The monoisotopic (exact) mass is 1150 g/mol. The summed E-state index contributed by atoms with van der Waals surface area (Å²) < 4.78 is 43.0. The zero-order chi connectivity index (χ0) is 60.7. The van der Waals surface area contributed by atoms with Gasteiger partial charge in [0.15, 0.2) is 24.4 Å². The lowest BCUT2D eigenvalue weighted by molar-refractivity contribution is -0.187. The van der Waals surface area contributed by atoms with E-state index in [1.807, 2.05) is 27.7 Å². The number of Topliss-reactive ketones (excluding diaryl/α,β-unsaturated/α-hetero) is 4. The van der Waals surface area contributed by atoms with Gasteiger partial charge in [-0.25, -0.2) is 38.5 Å². The van der Waals surface area contributed by atoms with Crippen LogP contribution in [-0.4, -0.2) is 111 Å². The summed E-state index contributed by atoms with van der Waals surface area (Å²) in [4.78, 5) is 151. The van der Waals surface area contributed by atoms with E-state index in [9.17, 15) is 38.4 Å². The lowest BCUT2D eigenvalue weighted by Crippen LogP contribution is -2.34. The van der Waals surface area contributed by atoms with Gasteiger partial charge in [-0.05, 0) is 89.2 Å². The molecule has 2 aromatic carbocycles. The van der Waals surface area contributed by atoms with Crippen molar-refractivity contribution in [2.24, 2.45) is 0 Å². The number of ketones is 4. The van der Waals surface area contributed by atoms with Crippen LogP contribution in [0.15, 0.2) is 36.4 Å². The van der Waals surface area contributed by atoms with Gasteiger partial charge in [-0.1, -0.05) is 157 Å². The van der Waals surface area contributed by atoms with Crippen LogP contribution in [0.5, 0.6) is 0 Å². The van der Waals surface area contributed by atoms with Gasteiger partial charge < -0.3 is 37.9 Å². The fourth-order valence-electron chi connectivity index (χ4n) is 8.56. The minimum Gasteiger partial charge on any atom is -0.434 e. The Kier molecular flexibility index (Phi) is 36.5. The molecule has 4 unspecified atom stereocenters. The molecule has 0 spiro atoms. The number of unbranched alkanes of at least 4 members (excludes halogenated alkanes) is 12. The Morgan fingerprint density at radius 3 is 0.793 bits per heavy atom. The molecule has 0 aliphatic rings. The van der Waals surface area contributed by atoms with Crippen LogP contribution in [0.2, 0.25) is 0 Å². The van der Waals surface area contributed by atoms with Crippen LogP contribution in [0, 0.1) is 0 Å². The fourth-order valence-corrected chi connectivity index (χ4v) is 8.56. The number of hydrogen-bond acceptors (Lipinski definition) is 20. The quantitative estimate of drug-likeness (QED) is 0.0149. The molecule has 82 heavy (non-hydrogen) atoms. The molecule has 0 aliphatic heterocycles. The average Bonchev–Trinajstić information content (AvgIpc) is 3.67. The van der Waals surface area contributed by atoms with Crippen LogP contribution in [0.1, 0.15) is 272 Å². The van der Waals surface area contributed by atoms with Crippen molar-refractivity contribution in [1.29, 1.82) is 0 Å². The Bertz CT molecular complexity index is 2160. The minimum absolute atomic E-state index is 0.00210. The fraction of sp³-hybridized carbons (Fsp3) is 0.645. The van der Waals surface area contributed by atoms with E-state index in [4.69, 9.17) is 47.7 Å². The van der Waals surface area contributed by atoms with Crippen molar-refractivity contribution in [1.82, 2.24) is 0 Å². The normalized spacial score (nSPS) is 12.3. The van der Waals surface area contributed by atoms with Gasteiger partial charge in [0, 0.05) is 22.3 Å². The summed E-state index contributed by atoms with van der Waals surface area (Å²) in [7, 11) is 0. The predicted molar refractivity (Wildman–Crippen MR) is 302 cm³/mol. The van der Waals surface area contributed by atoms with E-state index < -0.39 is 117 Å². The highest BCUT2D eigenvalue weighted by Gasteiger charge is 2.39. The van der Waals surface area contributed by atoms with Gasteiger partial charge in [0.25, 0.3) is 0 Å². The zero-order valence-corrected chi connectivity index (χ0v) is 49.7. The van der Waals surface area contributed by atoms with Crippen LogP contribution in [0.3, 0.4) is 0 Å². The standard InChI is InChI=1S/C62H90O20/c1-9-17-21-25-35-47(77-59(69)73-39-13-5)53(63)43-31-29-33-45(51(43)55(65)49(37-27-23-19-11-3)79-61(71)75-41-15-7)57(67)81-82-58(68)46-34-30-32-44(54(64)48(36-26-22-18-10-2)78-60(70)74-40-14-6)52(46)56(66)50(38-28-24-20-12-4)80-62(72)76-42-16-8/h29-34,47-50H,9-28,35-42H2,1-8H3. The second kappa shape index (κ2) is 42.0. The topological polar surface area (TPSA) is 263 Å². The van der Waals surface area contributed by atoms with Gasteiger partial charge in [-0.3, -0.25) is 19.2 Å². The molecule has 0 radical (unpaired) electrons. The van der Waals surface area contributed by atoms with Crippen LogP contribution in [-0.2, 0) is 47.7 Å². The highest BCUT2D eigenvalue weighted by atomic mass is 17.2. The number of carbonyl (C=O) groups excluding carboxylic acids is 10. The lowest BCUT2D eigenvalue weighted by Gasteiger charge is -2.22. The molecular formula is C62H90O20. The summed E-state index contributed by atoms with van der Waals surface area (Å²) in [6, 6.07) is 7.16. The molecule has 0 bridgehead atoms. The Morgan fingerprint density at radius 1 is 0.305 bits per heavy atom. The van der Waals surface area contributed by atoms with E-state index in [-0.39, 0.29) is 52.1 Å². The molecule has 0 fully saturated rings. The highest BCUT2D eigenvalue weighted by Crippen LogP contribution is 2.29. The number of hydrogen-bond donors (Lipinski definition) is 0. The van der Waals surface area contributed by atoms with Gasteiger partial charge in [-0.2, -0.15) is 0 Å². The SMILES string of the molecule is CCCCCCC(OC(=O)OCCC)C(=O)c1cccc(C(=O)OOC(=O)c2cccc(C(=O)C(CCCCCC)OC(=O)OCCC)c2C(=O)C(CCCCCC)OC(=O)OCCC)c1C(=O)C(CCCCCC)OC(=O)OCCC. The molecule has 0 N–H and O–H groups in total. The van der Waals surface area contributed by atoms with Crippen molar-refractivity contribution in [2.45, 2.75) is 234 Å². The summed E-state index contributed by atoms with van der Waals surface area (Å²) >= 11 is 0. The molecule has 20 nitrogen and oxygen atoms in total. The molecule has 0 saturated heterocycles. The maximum atomic E-state index is 15.0. The summed E-state index contributed by atoms with van der Waals surface area (Å²) in [6.07, 6.45) is 1.35. The summed E-state index contributed by atoms with van der Waals surface area (Å²) in [5, 5.41) is 0. The zero-order valence-electron chi connectivity index (χ0n) is 49.7. The number of ether oxygens (including phenoxy) is 8. The van der Waals surface area contributed by atoms with Crippen LogP contribution in [0.4, 0.5) is 19.2 Å². The number of carbonyl (C=O) groups is 10. The predicted octanol–water partition coefficient (Wildman–Crippen LogP) is 15.0. The molecular weight excluding hydrogens is 1060 g/mol. The first-order valence-electron chi connectivity index (χ1n) is 29.8. The van der Waals surface area contributed by atoms with Gasteiger partial charge in [0.05, 0.1) is 37.6 Å². The summed E-state index contributed by atoms with van der Waals surface area (Å²) in [5.74, 6) is -6.91. The van der Waals surface area contributed by atoms with E-state index in [1.54, 1.807) is 27.7 Å². The summed E-state index contributed by atoms with van der Waals surface area (Å²) in [6.45, 7) is 14.9. The van der Waals surface area contributed by atoms with Gasteiger partial charge in [-0.15, -0.1) is 0 Å². The Labute approximate surface area is 483 Å². The van der Waals surface area contributed by atoms with Crippen LogP contribution in [0.25, 0.3) is 0 Å². The Morgan fingerprint density at radius 2 is 0.549 bits per heavy atom. The first-order valence-corrected chi connectivity index (χ1v) is 29.8.